The molecule has 0 unspecified atom stereocenters. The molecule has 184 valence electrons. The predicted molar refractivity (Wildman–Crippen MR) is 145 cm³/mol. The smallest absolute Gasteiger partial charge is 0.255 e. The van der Waals surface area contributed by atoms with E-state index in [0.717, 1.165) is 67.6 Å². The monoisotopic (exact) mass is 511 g/mol. The molecule has 7 heteroatoms. The van der Waals surface area contributed by atoms with Crippen molar-refractivity contribution in [1.82, 2.24) is 4.90 Å². The lowest BCUT2D eigenvalue weighted by molar-refractivity contribution is 0.102. The van der Waals surface area contributed by atoms with Crippen LogP contribution < -0.4 is 15.0 Å². The van der Waals surface area contributed by atoms with E-state index < -0.39 is 0 Å². The van der Waals surface area contributed by atoms with Crippen molar-refractivity contribution in [1.29, 1.82) is 0 Å². The fourth-order valence-corrected chi connectivity index (χ4v) is 4.59. The number of piperazine rings is 1. The van der Waals surface area contributed by atoms with Gasteiger partial charge in [0, 0.05) is 49.0 Å². The van der Waals surface area contributed by atoms with Crippen LogP contribution in [-0.4, -0.2) is 43.6 Å². The number of benzene rings is 3. The minimum atomic E-state index is -0.179. The zero-order chi connectivity index (χ0) is 24.6. The lowest BCUT2D eigenvalue weighted by Gasteiger charge is -2.36. The summed E-state index contributed by atoms with van der Waals surface area (Å²) in [5, 5.41) is 4.38. The van der Waals surface area contributed by atoms with Crippen LogP contribution in [0, 0.1) is 0 Å². The Morgan fingerprint density at radius 2 is 1.69 bits per heavy atom. The average molecular weight is 512 g/mol. The largest absolute Gasteiger partial charge is 0.494 e. The van der Waals surface area contributed by atoms with Crippen molar-refractivity contribution in [2.45, 2.75) is 26.3 Å². The second kappa shape index (κ2) is 12.3. The van der Waals surface area contributed by atoms with Crippen LogP contribution in [0.2, 0.25) is 10.0 Å². The highest BCUT2D eigenvalue weighted by Crippen LogP contribution is 2.30. The first kappa shape index (κ1) is 25.4. The Labute approximate surface area is 217 Å². The van der Waals surface area contributed by atoms with E-state index in [2.05, 4.69) is 28.1 Å². The molecule has 0 radical (unpaired) electrons. The molecule has 1 aliphatic heterocycles. The fourth-order valence-electron chi connectivity index (χ4n) is 4.10. The molecule has 1 aliphatic rings. The van der Waals surface area contributed by atoms with Crippen LogP contribution in [-0.2, 0) is 6.54 Å². The number of carbonyl (C=O) groups excluding carboxylic acids is 1. The van der Waals surface area contributed by atoms with E-state index in [0.29, 0.717) is 22.9 Å². The maximum absolute atomic E-state index is 12.7. The van der Waals surface area contributed by atoms with Gasteiger partial charge in [0.15, 0.2) is 0 Å². The number of halogens is 2. The van der Waals surface area contributed by atoms with Gasteiger partial charge in [-0.3, -0.25) is 9.69 Å². The molecule has 0 atom stereocenters. The molecule has 1 amide bonds. The van der Waals surface area contributed by atoms with Gasteiger partial charge in [0.1, 0.15) is 5.75 Å². The van der Waals surface area contributed by atoms with Gasteiger partial charge < -0.3 is 15.0 Å². The Bertz CT molecular complexity index is 1130. The van der Waals surface area contributed by atoms with Crippen LogP contribution in [0.15, 0.2) is 66.7 Å². The molecule has 0 spiro atoms. The maximum atomic E-state index is 12.7. The molecule has 0 aliphatic carbocycles. The highest BCUT2D eigenvalue weighted by molar-refractivity contribution is 6.33. The van der Waals surface area contributed by atoms with Gasteiger partial charge in [-0.15, -0.1) is 0 Å². The molecule has 0 aromatic heterocycles. The molecule has 0 bridgehead atoms. The minimum absolute atomic E-state index is 0.179. The lowest BCUT2D eigenvalue weighted by Crippen LogP contribution is -2.46. The van der Waals surface area contributed by atoms with Crippen molar-refractivity contribution in [3.8, 4) is 5.75 Å². The van der Waals surface area contributed by atoms with Crippen LogP contribution in [0.4, 0.5) is 11.4 Å². The summed E-state index contributed by atoms with van der Waals surface area (Å²) in [6.07, 6.45) is 2.10. The van der Waals surface area contributed by atoms with Gasteiger partial charge in [-0.1, -0.05) is 54.7 Å². The molecule has 1 heterocycles. The van der Waals surface area contributed by atoms with Crippen LogP contribution in [0.5, 0.6) is 5.75 Å². The molecular weight excluding hydrogens is 481 g/mol. The first-order valence-electron chi connectivity index (χ1n) is 12.1. The van der Waals surface area contributed by atoms with E-state index in [-0.39, 0.29) is 5.91 Å². The molecule has 1 saturated heterocycles. The molecule has 4 rings (SSSR count). The number of unbranched alkanes of at least 4 members (excludes halogenated alkanes) is 1. The first-order valence-corrected chi connectivity index (χ1v) is 12.8. The SMILES string of the molecule is CCCCOc1ccc(C(=O)Nc2ccc(N3CCN(Cc4ccccc4Cl)CC3)c(Cl)c2)cc1. The van der Waals surface area contributed by atoms with Crippen molar-refractivity contribution < 1.29 is 9.53 Å². The Balaban J connectivity index is 1.31. The second-order valence-electron chi connectivity index (χ2n) is 8.70. The number of rotatable bonds is 9. The highest BCUT2D eigenvalue weighted by Gasteiger charge is 2.20. The summed E-state index contributed by atoms with van der Waals surface area (Å²) in [7, 11) is 0. The molecule has 3 aromatic rings. The third-order valence-electron chi connectivity index (χ3n) is 6.15. The number of ether oxygens (including phenoxy) is 1. The molecule has 1 N–H and O–H groups in total. The zero-order valence-electron chi connectivity index (χ0n) is 20.0. The Hall–Kier alpha value is -2.73. The Morgan fingerprint density at radius 3 is 2.37 bits per heavy atom. The molecule has 5 nitrogen and oxygen atoms in total. The van der Waals surface area contributed by atoms with Crippen molar-refractivity contribution in [3.05, 3.63) is 87.9 Å². The van der Waals surface area contributed by atoms with Crippen LogP contribution in [0.3, 0.4) is 0 Å². The average Bonchev–Trinajstić information content (AvgIpc) is 2.87. The molecule has 35 heavy (non-hydrogen) atoms. The van der Waals surface area contributed by atoms with E-state index in [1.54, 1.807) is 12.1 Å². The van der Waals surface area contributed by atoms with Gasteiger partial charge in [-0.05, 0) is 60.5 Å². The molecule has 0 saturated carbocycles. The van der Waals surface area contributed by atoms with Gasteiger partial charge >= 0.3 is 0 Å². The van der Waals surface area contributed by atoms with E-state index in [1.807, 2.05) is 48.5 Å². The number of amides is 1. The number of hydrogen-bond donors (Lipinski definition) is 1. The van der Waals surface area contributed by atoms with Gasteiger partial charge in [-0.25, -0.2) is 0 Å². The molecule has 1 fully saturated rings. The van der Waals surface area contributed by atoms with E-state index in [1.165, 1.54) is 0 Å². The fraction of sp³-hybridized carbons (Fsp3) is 0.321. The third-order valence-corrected chi connectivity index (χ3v) is 6.82. The van der Waals surface area contributed by atoms with Crippen molar-refractivity contribution in [2.75, 3.05) is 43.0 Å². The molecule has 3 aromatic carbocycles. The number of nitrogens with zero attached hydrogens (tertiary/aromatic N) is 2. The highest BCUT2D eigenvalue weighted by atomic mass is 35.5. The number of anilines is 2. The van der Waals surface area contributed by atoms with Crippen LogP contribution in [0.1, 0.15) is 35.7 Å². The second-order valence-corrected chi connectivity index (χ2v) is 9.52. The quantitative estimate of drug-likeness (QED) is 0.322. The normalized spacial score (nSPS) is 14.1. The van der Waals surface area contributed by atoms with E-state index >= 15 is 0 Å². The Morgan fingerprint density at radius 1 is 0.943 bits per heavy atom. The van der Waals surface area contributed by atoms with E-state index in [9.17, 15) is 4.79 Å². The summed E-state index contributed by atoms with van der Waals surface area (Å²) >= 11 is 12.9. The van der Waals surface area contributed by atoms with Gasteiger partial charge in [0.25, 0.3) is 5.91 Å². The number of hydrogen-bond acceptors (Lipinski definition) is 4. The van der Waals surface area contributed by atoms with Gasteiger partial charge in [-0.2, -0.15) is 0 Å². The number of carbonyl (C=O) groups is 1. The molecular formula is C28H31Cl2N3O2. The summed E-state index contributed by atoms with van der Waals surface area (Å²) < 4.78 is 5.66. The third kappa shape index (κ3) is 6.91. The van der Waals surface area contributed by atoms with Gasteiger partial charge in [0.2, 0.25) is 0 Å². The first-order chi connectivity index (χ1) is 17.0. The van der Waals surface area contributed by atoms with Crippen LogP contribution in [0.25, 0.3) is 0 Å². The summed E-state index contributed by atoms with van der Waals surface area (Å²) in [6.45, 7) is 7.27. The van der Waals surface area contributed by atoms with Crippen molar-refractivity contribution in [3.63, 3.8) is 0 Å². The predicted octanol–water partition coefficient (Wildman–Crippen LogP) is 6.75. The van der Waals surface area contributed by atoms with Crippen molar-refractivity contribution in [2.24, 2.45) is 0 Å². The minimum Gasteiger partial charge on any atom is -0.494 e. The number of nitrogens with one attached hydrogen (secondary N) is 1. The maximum Gasteiger partial charge on any atom is 0.255 e. The van der Waals surface area contributed by atoms with Crippen molar-refractivity contribution >= 4 is 40.5 Å². The summed E-state index contributed by atoms with van der Waals surface area (Å²) in [6, 6.07) is 20.9. The topological polar surface area (TPSA) is 44.8 Å². The standard InChI is InChI=1S/C28H31Cl2N3O2/c1-2-3-18-35-24-11-8-21(9-12-24)28(34)31-23-10-13-27(26(30)19-23)33-16-14-32(15-17-33)20-22-6-4-5-7-25(22)29/h4-13,19H,2-3,14-18,20H2,1H3,(H,31,34). The van der Waals surface area contributed by atoms with E-state index in [4.69, 9.17) is 27.9 Å². The lowest BCUT2D eigenvalue weighted by atomic mass is 10.1. The van der Waals surface area contributed by atoms with Crippen LogP contribution >= 0.6 is 23.2 Å². The van der Waals surface area contributed by atoms with Gasteiger partial charge in [0.05, 0.1) is 17.3 Å². The summed E-state index contributed by atoms with van der Waals surface area (Å²) in [4.78, 5) is 17.4. The summed E-state index contributed by atoms with van der Waals surface area (Å²) in [5.41, 5.74) is 3.38. The Kier molecular flexibility index (Phi) is 8.91. The zero-order valence-corrected chi connectivity index (χ0v) is 21.5. The summed E-state index contributed by atoms with van der Waals surface area (Å²) in [5.74, 6) is 0.594.